The van der Waals surface area contributed by atoms with E-state index in [1.807, 2.05) is 36.7 Å². The molecule has 2 N–H and O–H groups in total. The largest absolute Gasteiger partial charge is 0.387 e. The van der Waals surface area contributed by atoms with E-state index in [0.717, 1.165) is 17.0 Å². The Labute approximate surface area is 157 Å². The number of hydrogen-bond acceptors (Lipinski definition) is 3. The Morgan fingerprint density at radius 1 is 1.19 bits per heavy atom. The lowest BCUT2D eigenvalue weighted by molar-refractivity contribution is 0.0916. The zero-order valence-electron chi connectivity index (χ0n) is 15.3. The van der Waals surface area contributed by atoms with Crippen molar-refractivity contribution < 1.29 is 14.3 Å². The van der Waals surface area contributed by atoms with Crippen LogP contribution in [0.3, 0.4) is 0 Å². The van der Waals surface area contributed by atoms with Crippen molar-refractivity contribution >= 4 is 5.91 Å². The van der Waals surface area contributed by atoms with Crippen LogP contribution in [0.5, 0.6) is 0 Å². The van der Waals surface area contributed by atoms with Crippen LogP contribution in [0.15, 0.2) is 54.6 Å². The molecule has 0 aliphatic rings. The third-order valence-electron chi connectivity index (χ3n) is 4.34. The van der Waals surface area contributed by atoms with E-state index in [1.54, 1.807) is 18.2 Å². The summed E-state index contributed by atoms with van der Waals surface area (Å²) < 4.78 is 15.1. The van der Waals surface area contributed by atoms with E-state index in [-0.39, 0.29) is 12.5 Å². The van der Waals surface area contributed by atoms with Crippen LogP contribution in [-0.2, 0) is 6.54 Å². The summed E-state index contributed by atoms with van der Waals surface area (Å²) in [6, 6.07) is 15.0. The summed E-state index contributed by atoms with van der Waals surface area (Å²) in [5.41, 5.74) is 4.02. The highest BCUT2D eigenvalue weighted by atomic mass is 19.1. The van der Waals surface area contributed by atoms with Gasteiger partial charge in [0.2, 0.25) is 0 Å². The molecule has 140 valence electrons. The number of nitrogens with one attached hydrogen (secondary N) is 1. The van der Waals surface area contributed by atoms with Gasteiger partial charge in [0, 0.05) is 17.8 Å². The van der Waals surface area contributed by atoms with E-state index in [9.17, 15) is 14.3 Å². The van der Waals surface area contributed by atoms with Crippen LogP contribution in [0.1, 0.15) is 39.0 Å². The topological polar surface area (TPSA) is 67.2 Å². The molecule has 0 aliphatic carbocycles. The maximum Gasteiger partial charge on any atom is 0.251 e. The van der Waals surface area contributed by atoms with Gasteiger partial charge in [0.15, 0.2) is 0 Å². The van der Waals surface area contributed by atoms with Gasteiger partial charge < -0.3 is 10.4 Å². The van der Waals surface area contributed by atoms with E-state index in [4.69, 9.17) is 0 Å². The first-order valence-corrected chi connectivity index (χ1v) is 8.74. The number of benzene rings is 2. The van der Waals surface area contributed by atoms with Crippen LogP contribution in [0.25, 0.3) is 0 Å². The number of rotatable bonds is 6. The summed E-state index contributed by atoms with van der Waals surface area (Å²) in [5, 5.41) is 17.2. The van der Waals surface area contributed by atoms with Gasteiger partial charge in [-0.1, -0.05) is 24.3 Å². The first-order chi connectivity index (χ1) is 12.9. The first kappa shape index (κ1) is 18.8. The van der Waals surface area contributed by atoms with Crippen molar-refractivity contribution in [1.29, 1.82) is 0 Å². The average molecular weight is 367 g/mol. The fourth-order valence-corrected chi connectivity index (χ4v) is 2.89. The molecule has 1 aromatic heterocycles. The summed E-state index contributed by atoms with van der Waals surface area (Å²) in [6.45, 7) is 4.61. The summed E-state index contributed by atoms with van der Waals surface area (Å²) >= 11 is 0. The average Bonchev–Trinajstić information content (AvgIpc) is 2.97. The van der Waals surface area contributed by atoms with Gasteiger partial charge in [-0.3, -0.25) is 9.48 Å². The quantitative estimate of drug-likeness (QED) is 0.703. The first-order valence-electron chi connectivity index (χ1n) is 8.74. The molecular formula is C21H22FN3O2. The smallest absolute Gasteiger partial charge is 0.251 e. The fourth-order valence-electron chi connectivity index (χ4n) is 2.89. The van der Waals surface area contributed by atoms with E-state index < -0.39 is 11.9 Å². The monoisotopic (exact) mass is 367 g/mol. The third-order valence-corrected chi connectivity index (χ3v) is 4.34. The summed E-state index contributed by atoms with van der Waals surface area (Å²) in [5.74, 6) is -0.709. The minimum atomic E-state index is -0.963. The van der Waals surface area contributed by atoms with Crippen molar-refractivity contribution in [1.82, 2.24) is 15.1 Å². The molecule has 1 atom stereocenters. The predicted octanol–water partition coefficient (Wildman–Crippen LogP) is 3.15. The van der Waals surface area contributed by atoms with E-state index in [1.165, 1.54) is 18.2 Å². The zero-order chi connectivity index (χ0) is 19.4. The van der Waals surface area contributed by atoms with Crippen molar-refractivity contribution in [2.24, 2.45) is 0 Å². The Morgan fingerprint density at radius 3 is 2.56 bits per heavy atom. The van der Waals surface area contributed by atoms with Crippen LogP contribution in [-0.4, -0.2) is 27.3 Å². The van der Waals surface area contributed by atoms with Crippen molar-refractivity contribution in [3.63, 3.8) is 0 Å². The van der Waals surface area contributed by atoms with Crippen LogP contribution >= 0.6 is 0 Å². The molecule has 0 spiro atoms. The minimum Gasteiger partial charge on any atom is -0.387 e. The normalized spacial score (nSPS) is 12.0. The molecule has 27 heavy (non-hydrogen) atoms. The second-order valence-electron chi connectivity index (χ2n) is 6.56. The highest BCUT2D eigenvalue weighted by Crippen LogP contribution is 2.14. The number of nitrogens with zero attached hydrogens (tertiary/aromatic N) is 2. The summed E-state index contributed by atoms with van der Waals surface area (Å²) in [4.78, 5) is 12.3. The fraction of sp³-hybridized carbons (Fsp3) is 0.238. The number of hydrogen-bond donors (Lipinski definition) is 2. The number of aromatic nitrogens is 2. The molecule has 0 bridgehead atoms. The molecule has 0 saturated carbocycles. The molecule has 1 heterocycles. The van der Waals surface area contributed by atoms with E-state index in [0.29, 0.717) is 17.7 Å². The maximum absolute atomic E-state index is 13.2. The lowest BCUT2D eigenvalue weighted by Crippen LogP contribution is -2.28. The molecule has 0 fully saturated rings. The molecule has 5 nitrogen and oxygen atoms in total. The number of carbonyl (C=O) groups is 1. The molecular weight excluding hydrogens is 345 g/mol. The second kappa shape index (κ2) is 8.14. The van der Waals surface area contributed by atoms with Crippen LogP contribution in [0.2, 0.25) is 0 Å². The molecule has 1 amide bonds. The SMILES string of the molecule is Cc1cc(C)n(Cc2ccc(C(=O)NC[C@H](O)c3cccc(F)c3)cc2)n1. The lowest BCUT2D eigenvalue weighted by atomic mass is 10.1. The Hall–Kier alpha value is -2.99. The Bertz CT molecular complexity index is 935. The van der Waals surface area contributed by atoms with Gasteiger partial charge in [0.1, 0.15) is 5.82 Å². The van der Waals surface area contributed by atoms with Crippen LogP contribution in [0.4, 0.5) is 4.39 Å². The van der Waals surface area contributed by atoms with Gasteiger partial charge in [-0.2, -0.15) is 5.10 Å². The molecule has 3 rings (SSSR count). The molecule has 0 aliphatic heterocycles. The van der Waals surface area contributed by atoms with Gasteiger partial charge >= 0.3 is 0 Å². The van der Waals surface area contributed by atoms with Crippen LogP contribution in [0, 0.1) is 19.7 Å². The summed E-state index contributed by atoms with van der Waals surface area (Å²) in [7, 11) is 0. The molecule has 2 aromatic carbocycles. The van der Waals surface area contributed by atoms with Gasteiger partial charge in [0.25, 0.3) is 5.91 Å². The van der Waals surface area contributed by atoms with Gasteiger partial charge in [0.05, 0.1) is 18.3 Å². The molecule has 6 heteroatoms. The number of carbonyl (C=O) groups excluding carboxylic acids is 1. The van der Waals surface area contributed by atoms with Gasteiger partial charge in [-0.25, -0.2) is 4.39 Å². The van der Waals surface area contributed by atoms with Crippen molar-refractivity contribution in [2.45, 2.75) is 26.5 Å². The highest BCUT2D eigenvalue weighted by Gasteiger charge is 2.12. The Kier molecular flexibility index (Phi) is 5.66. The van der Waals surface area contributed by atoms with Crippen molar-refractivity contribution in [2.75, 3.05) is 6.54 Å². The highest BCUT2D eigenvalue weighted by molar-refractivity contribution is 5.94. The van der Waals surface area contributed by atoms with Crippen molar-refractivity contribution in [3.05, 3.63) is 88.5 Å². The van der Waals surface area contributed by atoms with Gasteiger partial charge in [-0.05, 0) is 55.3 Å². The number of halogens is 1. The zero-order valence-corrected chi connectivity index (χ0v) is 15.3. The molecule has 0 saturated heterocycles. The molecule has 0 unspecified atom stereocenters. The second-order valence-corrected chi connectivity index (χ2v) is 6.56. The van der Waals surface area contributed by atoms with E-state index >= 15 is 0 Å². The molecule has 3 aromatic rings. The number of aliphatic hydroxyl groups excluding tert-OH is 1. The van der Waals surface area contributed by atoms with E-state index in [2.05, 4.69) is 10.4 Å². The number of aryl methyl sites for hydroxylation is 2. The Morgan fingerprint density at radius 2 is 1.93 bits per heavy atom. The third kappa shape index (κ3) is 4.80. The predicted molar refractivity (Wildman–Crippen MR) is 101 cm³/mol. The number of aliphatic hydroxyl groups is 1. The number of amides is 1. The maximum atomic E-state index is 13.2. The Balaban J connectivity index is 1.58. The van der Waals surface area contributed by atoms with Crippen molar-refractivity contribution in [3.8, 4) is 0 Å². The summed E-state index contributed by atoms with van der Waals surface area (Å²) in [6.07, 6.45) is -0.963. The lowest BCUT2D eigenvalue weighted by Gasteiger charge is -2.12. The van der Waals surface area contributed by atoms with Crippen LogP contribution < -0.4 is 5.32 Å². The minimum absolute atomic E-state index is 0.00972. The molecule has 0 radical (unpaired) electrons. The standard InChI is InChI=1S/C21H22FN3O2/c1-14-10-15(2)25(24-14)13-16-6-8-17(9-7-16)21(27)23-12-20(26)18-4-3-5-19(22)11-18/h3-11,20,26H,12-13H2,1-2H3,(H,23,27)/t20-/m0/s1. The van der Waals surface area contributed by atoms with Gasteiger partial charge in [-0.15, -0.1) is 0 Å².